The van der Waals surface area contributed by atoms with Crippen LogP contribution in [0.4, 0.5) is 18.9 Å². The fraction of sp³-hybridized carbons (Fsp3) is 0.400. The fourth-order valence-corrected chi connectivity index (χ4v) is 1.71. The lowest BCUT2D eigenvalue weighted by atomic mass is 9.97. The van der Waals surface area contributed by atoms with E-state index in [9.17, 15) is 13.2 Å². The first-order chi connectivity index (χ1) is 11.5. The van der Waals surface area contributed by atoms with E-state index < -0.39 is 6.36 Å². The van der Waals surface area contributed by atoms with E-state index >= 15 is 0 Å². The van der Waals surface area contributed by atoms with Gasteiger partial charge < -0.3 is 20.3 Å². The minimum atomic E-state index is -4.73. The molecule has 0 aliphatic rings. The number of hydrogen-bond donors (Lipinski definition) is 2. The van der Waals surface area contributed by atoms with Gasteiger partial charge in [-0.25, -0.2) is 4.99 Å². The van der Waals surface area contributed by atoms with Gasteiger partial charge in [0.25, 0.3) is 0 Å². The van der Waals surface area contributed by atoms with Crippen molar-refractivity contribution < 1.29 is 22.4 Å². The number of nitrogens with two attached hydrogens (primary N) is 1. The van der Waals surface area contributed by atoms with Crippen LogP contribution in [0.5, 0.6) is 5.75 Å². The molecule has 3 N–H and O–H groups in total. The quantitative estimate of drug-likeness (QED) is 0.389. The van der Waals surface area contributed by atoms with Crippen LogP contribution >= 0.6 is 24.0 Å². The van der Waals surface area contributed by atoms with Gasteiger partial charge in [0.15, 0.2) is 11.8 Å². The summed E-state index contributed by atoms with van der Waals surface area (Å²) in [4.78, 5) is 8.27. The van der Waals surface area contributed by atoms with Crippen LogP contribution in [0.25, 0.3) is 0 Å². The second-order valence-corrected chi connectivity index (χ2v) is 6.16. The van der Waals surface area contributed by atoms with Crippen molar-refractivity contribution in [3.63, 3.8) is 0 Å². The summed E-state index contributed by atoms with van der Waals surface area (Å²) in [5.74, 6) is 0.606. The van der Waals surface area contributed by atoms with Gasteiger partial charge >= 0.3 is 6.36 Å². The maximum Gasteiger partial charge on any atom is 0.573 e. The molecule has 0 aliphatic carbocycles. The highest BCUT2D eigenvalue weighted by Crippen LogP contribution is 2.24. The lowest BCUT2D eigenvalue weighted by Crippen LogP contribution is -2.22. The molecule has 0 amide bonds. The number of hydrogen-bond acceptors (Lipinski definition) is 5. The fourth-order valence-electron chi connectivity index (χ4n) is 1.71. The van der Waals surface area contributed by atoms with Crippen LogP contribution in [0.1, 0.15) is 32.5 Å². The van der Waals surface area contributed by atoms with Crippen LogP contribution in [0, 0.1) is 0 Å². The van der Waals surface area contributed by atoms with Crippen LogP contribution in [-0.2, 0) is 12.0 Å². The first-order valence-corrected chi connectivity index (χ1v) is 7.29. The van der Waals surface area contributed by atoms with E-state index in [0.29, 0.717) is 17.4 Å². The minimum Gasteiger partial charge on any atom is -0.406 e. The number of ether oxygens (including phenoxy) is 1. The van der Waals surface area contributed by atoms with Crippen molar-refractivity contribution in [2.24, 2.45) is 10.7 Å². The van der Waals surface area contributed by atoms with Gasteiger partial charge in [0.05, 0.1) is 0 Å². The summed E-state index contributed by atoms with van der Waals surface area (Å²) in [6.45, 7) is 5.93. The van der Waals surface area contributed by atoms with Crippen LogP contribution in [0.3, 0.4) is 0 Å². The number of benzene rings is 1. The lowest BCUT2D eigenvalue weighted by molar-refractivity contribution is -0.274. The standard InChI is InChI=1S/C15H18F3N5O2.HI/c1-14(2,3)12-22-11(23-25-12)8-20-13(19)21-9-4-6-10(7-5-9)24-15(16,17)18;/h4-7H,8H2,1-3H3,(H3,19,20,21);1H. The van der Waals surface area contributed by atoms with E-state index in [0.717, 1.165) is 12.1 Å². The number of rotatable bonds is 4. The molecule has 26 heavy (non-hydrogen) atoms. The predicted octanol–water partition coefficient (Wildman–Crippen LogP) is 3.81. The third-order valence-electron chi connectivity index (χ3n) is 2.86. The van der Waals surface area contributed by atoms with E-state index in [4.69, 9.17) is 10.3 Å². The molecule has 2 rings (SSSR count). The molecule has 1 aromatic heterocycles. The second-order valence-electron chi connectivity index (χ2n) is 6.16. The van der Waals surface area contributed by atoms with Crippen LogP contribution in [0.2, 0.25) is 0 Å². The zero-order valence-corrected chi connectivity index (χ0v) is 16.6. The average Bonchev–Trinajstić information content (AvgIpc) is 2.95. The maximum absolute atomic E-state index is 12.1. The topological polar surface area (TPSA) is 98.6 Å². The first kappa shape index (κ1) is 22.0. The maximum atomic E-state index is 12.1. The summed E-state index contributed by atoms with van der Waals surface area (Å²) in [5, 5.41) is 6.55. The summed E-state index contributed by atoms with van der Waals surface area (Å²) in [6, 6.07) is 5.10. The highest BCUT2D eigenvalue weighted by atomic mass is 127. The molecule has 0 radical (unpaired) electrons. The van der Waals surface area contributed by atoms with Crippen LogP contribution in [-0.4, -0.2) is 22.5 Å². The van der Waals surface area contributed by atoms with Gasteiger partial charge in [0, 0.05) is 11.1 Å². The number of guanidine groups is 1. The zero-order valence-electron chi connectivity index (χ0n) is 14.3. The summed E-state index contributed by atoms with van der Waals surface area (Å²) < 4.78 is 45.2. The molecule has 0 spiro atoms. The first-order valence-electron chi connectivity index (χ1n) is 7.29. The predicted molar refractivity (Wildman–Crippen MR) is 100 cm³/mol. The molecule has 0 saturated carbocycles. The number of alkyl halides is 3. The summed E-state index contributed by atoms with van der Waals surface area (Å²) in [5.41, 5.74) is 5.92. The Morgan fingerprint density at radius 3 is 2.35 bits per heavy atom. The molecular weight excluding hydrogens is 466 g/mol. The SMILES string of the molecule is CC(C)(C)c1nc(CN=C(N)Nc2ccc(OC(F)(F)F)cc2)no1.I. The van der Waals surface area contributed by atoms with Crippen molar-refractivity contribution in [1.82, 2.24) is 10.1 Å². The molecular formula is C15H19F3IN5O2. The Hall–Kier alpha value is -2.05. The smallest absolute Gasteiger partial charge is 0.406 e. The Balaban J connectivity index is 0.00000338. The Labute approximate surface area is 165 Å². The Morgan fingerprint density at radius 2 is 1.85 bits per heavy atom. The molecule has 11 heteroatoms. The van der Waals surface area contributed by atoms with Gasteiger partial charge in [-0.05, 0) is 24.3 Å². The van der Waals surface area contributed by atoms with E-state index in [2.05, 4.69) is 25.2 Å². The molecule has 7 nitrogen and oxygen atoms in total. The number of aromatic nitrogens is 2. The average molecular weight is 485 g/mol. The number of nitrogens with one attached hydrogen (secondary N) is 1. The largest absolute Gasteiger partial charge is 0.573 e. The van der Waals surface area contributed by atoms with Crippen molar-refractivity contribution in [3.05, 3.63) is 36.0 Å². The van der Waals surface area contributed by atoms with E-state index in [1.807, 2.05) is 20.8 Å². The second kappa shape index (κ2) is 8.56. The highest BCUT2D eigenvalue weighted by Gasteiger charge is 2.30. The molecule has 1 heterocycles. The third kappa shape index (κ3) is 7.06. The summed E-state index contributed by atoms with van der Waals surface area (Å²) in [7, 11) is 0. The molecule has 1 aromatic carbocycles. The van der Waals surface area contributed by atoms with Crippen molar-refractivity contribution >= 4 is 35.6 Å². The molecule has 0 bridgehead atoms. The Bertz CT molecular complexity index is 739. The summed E-state index contributed by atoms with van der Waals surface area (Å²) in [6.07, 6.45) is -4.73. The number of aliphatic imine (C=N–C) groups is 1. The van der Waals surface area contributed by atoms with Crippen LogP contribution < -0.4 is 15.8 Å². The molecule has 0 unspecified atom stereocenters. The zero-order chi connectivity index (χ0) is 18.7. The van der Waals surface area contributed by atoms with Crippen LogP contribution in [0.15, 0.2) is 33.8 Å². The molecule has 0 aliphatic heterocycles. The van der Waals surface area contributed by atoms with E-state index in [-0.39, 0.29) is 47.6 Å². The van der Waals surface area contributed by atoms with Gasteiger partial charge in [-0.3, -0.25) is 0 Å². The van der Waals surface area contributed by atoms with E-state index in [1.54, 1.807) is 0 Å². The molecule has 0 fully saturated rings. The lowest BCUT2D eigenvalue weighted by Gasteiger charge is -2.10. The molecule has 0 atom stereocenters. The normalized spacial score (nSPS) is 12.5. The highest BCUT2D eigenvalue weighted by molar-refractivity contribution is 14.0. The Morgan fingerprint density at radius 1 is 1.23 bits per heavy atom. The Kier molecular flexibility index (Phi) is 7.24. The van der Waals surface area contributed by atoms with Gasteiger partial charge in [-0.1, -0.05) is 25.9 Å². The minimum absolute atomic E-state index is 0. The summed E-state index contributed by atoms with van der Waals surface area (Å²) >= 11 is 0. The van der Waals surface area contributed by atoms with E-state index in [1.165, 1.54) is 12.1 Å². The van der Waals surface area contributed by atoms with Crippen molar-refractivity contribution in [2.75, 3.05) is 5.32 Å². The van der Waals surface area contributed by atoms with Gasteiger partial charge in [0.2, 0.25) is 5.89 Å². The molecule has 2 aromatic rings. The number of halogens is 4. The van der Waals surface area contributed by atoms with Gasteiger partial charge in [-0.15, -0.1) is 37.1 Å². The van der Waals surface area contributed by atoms with Gasteiger partial charge in [-0.2, -0.15) is 4.98 Å². The molecule has 0 saturated heterocycles. The van der Waals surface area contributed by atoms with Crippen molar-refractivity contribution in [2.45, 2.75) is 39.1 Å². The molecule has 144 valence electrons. The van der Waals surface area contributed by atoms with Crippen molar-refractivity contribution in [3.8, 4) is 5.75 Å². The number of anilines is 1. The van der Waals surface area contributed by atoms with Crippen molar-refractivity contribution in [1.29, 1.82) is 0 Å². The third-order valence-corrected chi connectivity index (χ3v) is 2.86. The number of nitrogens with zero attached hydrogens (tertiary/aromatic N) is 3. The monoisotopic (exact) mass is 485 g/mol. The van der Waals surface area contributed by atoms with Gasteiger partial charge in [0.1, 0.15) is 12.3 Å².